The van der Waals surface area contributed by atoms with E-state index in [1.54, 1.807) is 4.90 Å². The van der Waals surface area contributed by atoms with Gasteiger partial charge in [0, 0.05) is 24.6 Å². The van der Waals surface area contributed by atoms with Crippen LogP contribution in [0.2, 0.25) is 5.02 Å². The lowest BCUT2D eigenvalue weighted by molar-refractivity contribution is -0.128. The van der Waals surface area contributed by atoms with Gasteiger partial charge in [-0.1, -0.05) is 17.7 Å². The molecule has 0 aliphatic carbocycles. The molecule has 1 aromatic rings. The van der Waals surface area contributed by atoms with Crippen LogP contribution in [0.1, 0.15) is 12.0 Å². The van der Waals surface area contributed by atoms with E-state index in [9.17, 15) is 4.79 Å². The summed E-state index contributed by atoms with van der Waals surface area (Å²) in [5.41, 5.74) is 1.11. The van der Waals surface area contributed by atoms with Crippen LogP contribution in [0.5, 0.6) is 0 Å². The van der Waals surface area contributed by atoms with E-state index in [1.807, 2.05) is 25.2 Å². The third kappa shape index (κ3) is 3.00. The van der Waals surface area contributed by atoms with Gasteiger partial charge in [0.15, 0.2) is 0 Å². The van der Waals surface area contributed by atoms with Crippen molar-refractivity contribution >= 4 is 33.4 Å². The fourth-order valence-corrected chi connectivity index (χ4v) is 2.45. The summed E-state index contributed by atoms with van der Waals surface area (Å²) in [6, 6.07) is 5.74. The highest BCUT2D eigenvalue weighted by molar-refractivity contribution is 9.10. The summed E-state index contributed by atoms with van der Waals surface area (Å²) in [5, 5.41) is 3.97. The molecule has 1 aliphatic rings. The van der Waals surface area contributed by atoms with E-state index in [4.69, 9.17) is 11.6 Å². The largest absolute Gasteiger partial charge is 0.344 e. The maximum Gasteiger partial charge on any atom is 0.239 e. The van der Waals surface area contributed by atoms with Crippen molar-refractivity contribution in [2.24, 2.45) is 0 Å². The summed E-state index contributed by atoms with van der Waals surface area (Å²) in [4.78, 5) is 13.4. The van der Waals surface area contributed by atoms with Gasteiger partial charge < -0.3 is 10.2 Å². The second-order valence-corrected chi connectivity index (χ2v) is 5.49. The van der Waals surface area contributed by atoms with Crippen molar-refractivity contribution < 1.29 is 4.79 Å². The average Bonchev–Trinajstić information content (AvgIpc) is 2.62. The Bertz CT molecular complexity index is 439. The first kappa shape index (κ1) is 12.9. The van der Waals surface area contributed by atoms with Crippen LogP contribution in [-0.2, 0) is 11.3 Å². The number of benzene rings is 1. The van der Waals surface area contributed by atoms with Gasteiger partial charge in [-0.25, -0.2) is 0 Å². The normalized spacial score (nSPS) is 20.1. The Labute approximate surface area is 114 Å². The number of nitrogens with one attached hydrogen (secondary N) is 1. The van der Waals surface area contributed by atoms with Gasteiger partial charge in [0.1, 0.15) is 0 Å². The maximum atomic E-state index is 11.7. The number of carbonyl (C=O) groups excluding carboxylic acids is 1. The van der Waals surface area contributed by atoms with Crippen molar-refractivity contribution in [1.82, 2.24) is 10.2 Å². The Hall–Kier alpha value is -0.580. The van der Waals surface area contributed by atoms with Gasteiger partial charge in [-0.05, 0) is 40.0 Å². The summed E-state index contributed by atoms with van der Waals surface area (Å²) < 4.78 is 0.883. The second-order valence-electron chi connectivity index (χ2n) is 4.23. The van der Waals surface area contributed by atoms with Crippen molar-refractivity contribution in [3.8, 4) is 0 Å². The van der Waals surface area contributed by atoms with E-state index >= 15 is 0 Å². The van der Waals surface area contributed by atoms with Gasteiger partial charge in [-0.2, -0.15) is 0 Å². The van der Waals surface area contributed by atoms with Crippen LogP contribution in [0, 0.1) is 0 Å². The predicted octanol–water partition coefficient (Wildman–Crippen LogP) is 2.42. The molecule has 5 heteroatoms. The smallest absolute Gasteiger partial charge is 0.239 e. The van der Waals surface area contributed by atoms with Crippen molar-refractivity contribution in [2.75, 3.05) is 13.6 Å². The standard InChI is InChI=1S/C12H14BrClN2O/c1-16-5-4-11(12(16)17)15-7-8-2-3-10(14)9(13)6-8/h2-3,6,11,15H,4-5,7H2,1H3. The molecule has 92 valence electrons. The first-order chi connectivity index (χ1) is 8.08. The zero-order valence-corrected chi connectivity index (χ0v) is 11.9. The number of carbonyl (C=O) groups is 1. The Morgan fingerprint density at radius 2 is 2.35 bits per heavy atom. The van der Waals surface area contributed by atoms with Gasteiger partial charge >= 0.3 is 0 Å². The minimum atomic E-state index is -0.0468. The van der Waals surface area contributed by atoms with Crippen molar-refractivity contribution in [3.63, 3.8) is 0 Å². The van der Waals surface area contributed by atoms with Crippen molar-refractivity contribution in [3.05, 3.63) is 33.3 Å². The third-order valence-electron chi connectivity index (χ3n) is 2.96. The van der Waals surface area contributed by atoms with E-state index in [0.29, 0.717) is 11.6 Å². The molecule has 1 unspecified atom stereocenters. The molecule has 1 fully saturated rings. The molecule has 1 aromatic carbocycles. The molecule has 17 heavy (non-hydrogen) atoms. The summed E-state index contributed by atoms with van der Waals surface area (Å²) in [7, 11) is 1.84. The minimum Gasteiger partial charge on any atom is -0.344 e. The lowest BCUT2D eigenvalue weighted by Gasteiger charge is -2.12. The molecular weight excluding hydrogens is 304 g/mol. The molecule has 0 spiro atoms. The van der Waals surface area contributed by atoms with Gasteiger partial charge in [-0.3, -0.25) is 4.79 Å². The molecule has 2 rings (SSSR count). The first-order valence-corrected chi connectivity index (χ1v) is 6.67. The Morgan fingerprint density at radius 1 is 1.59 bits per heavy atom. The van der Waals surface area contributed by atoms with Gasteiger partial charge in [0.2, 0.25) is 5.91 Å². The molecular formula is C12H14BrClN2O. The third-order valence-corrected chi connectivity index (χ3v) is 4.18. The topological polar surface area (TPSA) is 32.3 Å². The van der Waals surface area contributed by atoms with E-state index < -0.39 is 0 Å². The monoisotopic (exact) mass is 316 g/mol. The maximum absolute atomic E-state index is 11.7. The summed E-state index contributed by atoms with van der Waals surface area (Å²) in [5.74, 6) is 0.179. The molecule has 1 aliphatic heterocycles. The number of likely N-dealkylation sites (N-methyl/N-ethyl adjacent to an activating group) is 1. The number of nitrogens with zero attached hydrogens (tertiary/aromatic N) is 1. The molecule has 0 aromatic heterocycles. The highest BCUT2D eigenvalue weighted by atomic mass is 79.9. The summed E-state index contributed by atoms with van der Waals surface area (Å²) in [6.07, 6.45) is 0.879. The van der Waals surface area contributed by atoms with Gasteiger partial charge in [0.25, 0.3) is 0 Å². The van der Waals surface area contributed by atoms with Crippen LogP contribution in [0.25, 0.3) is 0 Å². The number of rotatable bonds is 3. The highest BCUT2D eigenvalue weighted by Gasteiger charge is 2.28. The van der Waals surface area contributed by atoms with E-state index in [-0.39, 0.29) is 11.9 Å². The molecule has 1 heterocycles. The molecule has 3 nitrogen and oxygen atoms in total. The lowest BCUT2D eigenvalue weighted by atomic mass is 10.2. The molecule has 1 saturated heterocycles. The van der Waals surface area contributed by atoms with Crippen molar-refractivity contribution in [1.29, 1.82) is 0 Å². The minimum absolute atomic E-state index is 0.0468. The van der Waals surface area contributed by atoms with Gasteiger partial charge in [-0.15, -0.1) is 0 Å². The molecule has 0 radical (unpaired) electrons. The second kappa shape index (κ2) is 5.38. The van der Waals surface area contributed by atoms with Crippen LogP contribution >= 0.6 is 27.5 Å². The molecule has 0 bridgehead atoms. The Morgan fingerprint density at radius 3 is 2.94 bits per heavy atom. The molecule has 1 N–H and O–H groups in total. The zero-order valence-electron chi connectivity index (χ0n) is 9.54. The van der Waals surface area contributed by atoms with E-state index in [1.165, 1.54) is 0 Å². The van der Waals surface area contributed by atoms with E-state index in [0.717, 1.165) is 23.0 Å². The molecule has 0 saturated carbocycles. The number of amides is 1. The van der Waals surface area contributed by atoms with Crippen LogP contribution in [-0.4, -0.2) is 30.4 Å². The predicted molar refractivity (Wildman–Crippen MR) is 72.0 cm³/mol. The number of halogens is 2. The highest BCUT2D eigenvalue weighted by Crippen LogP contribution is 2.23. The summed E-state index contributed by atoms with van der Waals surface area (Å²) in [6.45, 7) is 1.51. The Kier molecular flexibility index (Phi) is 4.07. The first-order valence-electron chi connectivity index (χ1n) is 5.50. The fraction of sp³-hybridized carbons (Fsp3) is 0.417. The van der Waals surface area contributed by atoms with Crippen LogP contribution in [0.3, 0.4) is 0 Å². The Balaban J connectivity index is 1.94. The van der Waals surface area contributed by atoms with Crippen LogP contribution in [0.4, 0.5) is 0 Å². The van der Waals surface area contributed by atoms with E-state index in [2.05, 4.69) is 21.2 Å². The summed E-state index contributed by atoms with van der Waals surface area (Å²) >= 11 is 9.31. The molecule has 1 amide bonds. The number of hydrogen-bond donors (Lipinski definition) is 1. The number of likely N-dealkylation sites (tertiary alicyclic amines) is 1. The van der Waals surface area contributed by atoms with Gasteiger partial charge in [0.05, 0.1) is 11.1 Å². The number of hydrogen-bond acceptors (Lipinski definition) is 2. The average molecular weight is 318 g/mol. The van der Waals surface area contributed by atoms with Crippen LogP contribution < -0.4 is 5.32 Å². The van der Waals surface area contributed by atoms with Crippen LogP contribution in [0.15, 0.2) is 22.7 Å². The molecule has 1 atom stereocenters. The quantitative estimate of drug-likeness (QED) is 0.928. The SMILES string of the molecule is CN1CCC(NCc2ccc(Cl)c(Br)c2)C1=O. The zero-order chi connectivity index (χ0) is 12.4. The fourth-order valence-electron chi connectivity index (χ4n) is 1.90. The lowest BCUT2D eigenvalue weighted by Crippen LogP contribution is -2.36. The van der Waals surface area contributed by atoms with Crippen molar-refractivity contribution in [2.45, 2.75) is 19.0 Å².